The van der Waals surface area contributed by atoms with E-state index in [-0.39, 0.29) is 0 Å². The summed E-state index contributed by atoms with van der Waals surface area (Å²) in [6.07, 6.45) is 0. The number of rotatable bonds is 7. The maximum Gasteiger partial charge on any atom is 0.172 e. The molecule has 120 valence electrons. The molecule has 0 saturated carbocycles. The van der Waals surface area contributed by atoms with Crippen LogP contribution in [0.15, 0.2) is 42.5 Å². The molecule has 5 nitrogen and oxygen atoms in total. The largest absolute Gasteiger partial charge is 0.493 e. The van der Waals surface area contributed by atoms with E-state index in [1.807, 2.05) is 49.4 Å². The predicted octanol–water partition coefficient (Wildman–Crippen LogP) is 3.65. The van der Waals surface area contributed by atoms with E-state index >= 15 is 0 Å². The molecule has 0 spiro atoms. The van der Waals surface area contributed by atoms with Crippen LogP contribution in [0.3, 0.4) is 0 Å². The number of aromatic amines is 1. The number of hydrogen-bond donors (Lipinski definition) is 1. The van der Waals surface area contributed by atoms with Crippen LogP contribution in [0.25, 0.3) is 22.4 Å². The highest BCUT2D eigenvalue weighted by molar-refractivity contribution is 5.81. The normalized spacial score (nSPS) is 10.9. The lowest BCUT2D eigenvalue weighted by Gasteiger charge is -2.14. The fourth-order valence-corrected chi connectivity index (χ4v) is 2.44. The van der Waals surface area contributed by atoms with Crippen molar-refractivity contribution in [3.8, 4) is 22.9 Å². The minimum Gasteiger partial charge on any atom is -0.493 e. The van der Waals surface area contributed by atoms with Gasteiger partial charge in [-0.1, -0.05) is 18.2 Å². The van der Waals surface area contributed by atoms with E-state index in [0.29, 0.717) is 31.3 Å². The zero-order chi connectivity index (χ0) is 16.1. The zero-order valence-electron chi connectivity index (χ0n) is 13.3. The highest BCUT2D eigenvalue weighted by Crippen LogP contribution is 2.37. The number of fused-ring (bicyclic) bond motifs is 1. The van der Waals surface area contributed by atoms with Gasteiger partial charge in [0.2, 0.25) is 0 Å². The molecule has 3 aromatic rings. The second-order valence-electron chi connectivity index (χ2n) is 4.98. The van der Waals surface area contributed by atoms with Gasteiger partial charge >= 0.3 is 0 Å². The standard InChI is InChI=1S/C18H20N2O3/c1-3-22-11-12-23-17-13(7-6-10-16(17)21-2)18-19-14-8-4-5-9-15(14)20-18/h4-10H,3,11-12H2,1-2H3,(H,19,20). The van der Waals surface area contributed by atoms with Crippen molar-refractivity contribution in [1.29, 1.82) is 0 Å². The number of benzene rings is 2. The van der Waals surface area contributed by atoms with E-state index in [1.54, 1.807) is 7.11 Å². The zero-order valence-corrected chi connectivity index (χ0v) is 13.3. The van der Waals surface area contributed by atoms with Gasteiger partial charge in [-0.3, -0.25) is 0 Å². The molecule has 1 aromatic heterocycles. The number of H-pyrrole nitrogens is 1. The minimum atomic E-state index is 0.460. The molecule has 2 aromatic carbocycles. The molecule has 1 N–H and O–H groups in total. The van der Waals surface area contributed by atoms with Gasteiger partial charge < -0.3 is 19.2 Å². The van der Waals surface area contributed by atoms with Gasteiger partial charge in [0, 0.05) is 6.61 Å². The summed E-state index contributed by atoms with van der Waals surface area (Å²) in [5.41, 5.74) is 2.79. The summed E-state index contributed by atoms with van der Waals surface area (Å²) >= 11 is 0. The predicted molar refractivity (Wildman–Crippen MR) is 90.1 cm³/mol. The van der Waals surface area contributed by atoms with Crippen molar-refractivity contribution in [2.24, 2.45) is 0 Å². The molecule has 0 fully saturated rings. The van der Waals surface area contributed by atoms with Gasteiger partial charge in [0.15, 0.2) is 11.5 Å². The van der Waals surface area contributed by atoms with Crippen molar-refractivity contribution in [2.45, 2.75) is 6.92 Å². The van der Waals surface area contributed by atoms with E-state index in [0.717, 1.165) is 22.4 Å². The summed E-state index contributed by atoms with van der Waals surface area (Å²) in [7, 11) is 1.63. The molecular formula is C18H20N2O3. The van der Waals surface area contributed by atoms with E-state index in [2.05, 4.69) is 9.97 Å². The van der Waals surface area contributed by atoms with Gasteiger partial charge in [0.05, 0.1) is 30.3 Å². The van der Waals surface area contributed by atoms with Crippen LogP contribution in [-0.4, -0.2) is 36.9 Å². The van der Waals surface area contributed by atoms with Gasteiger partial charge in [-0.05, 0) is 31.2 Å². The molecular weight excluding hydrogens is 292 g/mol. The van der Waals surface area contributed by atoms with Crippen LogP contribution in [0.5, 0.6) is 11.5 Å². The average molecular weight is 312 g/mol. The van der Waals surface area contributed by atoms with Crippen molar-refractivity contribution >= 4 is 11.0 Å². The van der Waals surface area contributed by atoms with Crippen LogP contribution < -0.4 is 9.47 Å². The van der Waals surface area contributed by atoms with Crippen LogP contribution in [0, 0.1) is 0 Å². The molecule has 0 atom stereocenters. The summed E-state index contributed by atoms with van der Waals surface area (Å²) in [5, 5.41) is 0. The molecule has 0 unspecified atom stereocenters. The number of nitrogens with one attached hydrogen (secondary N) is 1. The summed E-state index contributed by atoms with van der Waals surface area (Å²) in [5.74, 6) is 2.12. The number of nitrogens with zero attached hydrogens (tertiary/aromatic N) is 1. The highest BCUT2D eigenvalue weighted by Gasteiger charge is 2.15. The van der Waals surface area contributed by atoms with Crippen molar-refractivity contribution in [3.63, 3.8) is 0 Å². The van der Waals surface area contributed by atoms with Crippen LogP contribution in [0.1, 0.15) is 6.92 Å². The molecule has 3 rings (SSSR count). The fourth-order valence-electron chi connectivity index (χ4n) is 2.44. The van der Waals surface area contributed by atoms with Crippen molar-refractivity contribution in [3.05, 3.63) is 42.5 Å². The summed E-state index contributed by atoms with van der Waals surface area (Å²) in [6.45, 7) is 3.63. The quantitative estimate of drug-likeness (QED) is 0.677. The first-order valence-electron chi connectivity index (χ1n) is 7.66. The Balaban J connectivity index is 1.96. The Kier molecular flexibility index (Phi) is 4.78. The van der Waals surface area contributed by atoms with Crippen LogP contribution in [0.2, 0.25) is 0 Å². The minimum absolute atomic E-state index is 0.460. The Labute approximate surface area is 135 Å². The molecule has 0 saturated heterocycles. The third-order valence-electron chi connectivity index (χ3n) is 3.52. The molecule has 5 heteroatoms. The van der Waals surface area contributed by atoms with Gasteiger partial charge in [0.25, 0.3) is 0 Å². The van der Waals surface area contributed by atoms with Gasteiger partial charge in [-0.2, -0.15) is 0 Å². The Bertz CT molecular complexity index is 750. The number of hydrogen-bond acceptors (Lipinski definition) is 4. The van der Waals surface area contributed by atoms with Crippen molar-refractivity contribution < 1.29 is 14.2 Å². The summed E-state index contributed by atoms with van der Waals surface area (Å²) in [4.78, 5) is 7.97. The second-order valence-corrected chi connectivity index (χ2v) is 4.98. The fraction of sp³-hybridized carbons (Fsp3) is 0.278. The molecule has 0 aliphatic carbocycles. The van der Waals surface area contributed by atoms with E-state index in [9.17, 15) is 0 Å². The molecule has 0 aliphatic rings. The smallest absolute Gasteiger partial charge is 0.172 e. The van der Waals surface area contributed by atoms with E-state index < -0.39 is 0 Å². The number of para-hydroxylation sites is 3. The second kappa shape index (κ2) is 7.15. The number of methoxy groups -OCH3 is 1. The Morgan fingerprint density at radius 3 is 2.70 bits per heavy atom. The first kappa shape index (κ1) is 15.4. The number of ether oxygens (including phenoxy) is 3. The summed E-state index contributed by atoms with van der Waals surface area (Å²) in [6, 6.07) is 13.7. The highest BCUT2D eigenvalue weighted by atomic mass is 16.5. The first-order valence-corrected chi connectivity index (χ1v) is 7.66. The van der Waals surface area contributed by atoms with Gasteiger partial charge in [-0.25, -0.2) is 4.98 Å². The Morgan fingerprint density at radius 1 is 1.04 bits per heavy atom. The summed E-state index contributed by atoms with van der Waals surface area (Å²) < 4.78 is 16.7. The van der Waals surface area contributed by atoms with Gasteiger partial charge in [-0.15, -0.1) is 0 Å². The molecule has 0 aliphatic heterocycles. The topological polar surface area (TPSA) is 56.4 Å². The lowest BCUT2D eigenvalue weighted by molar-refractivity contribution is 0.109. The van der Waals surface area contributed by atoms with Crippen molar-refractivity contribution in [1.82, 2.24) is 9.97 Å². The lowest BCUT2D eigenvalue weighted by atomic mass is 10.1. The van der Waals surface area contributed by atoms with Crippen LogP contribution in [-0.2, 0) is 4.74 Å². The Hall–Kier alpha value is -2.53. The first-order chi connectivity index (χ1) is 11.3. The molecule has 0 radical (unpaired) electrons. The lowest BCUT2D eigenvalue weighted by Crippen LogP contribution is -2.08. The molecule has 0 amide bonds. The molecule has 23 heavy (non-hydrogen) atoms. The maximum absolute atomic E-state index is 5.90. The van der Waals surface area contributed by atoms with E-state index in [1.165, 1.54) is 0 Å². The molecule has 0 bridgehead atoms. The number of imidazole rings is 1. The average Bonchev–Trinajstić information content (AvgIpc) is 3.02. The maximum atomic E-state index is 5.90. The van der Waals surface area contributed by atoms with Gasteiger partial charge in [0.1, 0.15) is 12.4 Å². The monoisotopic (exact) mass is 312 g/mol. The van der Waals surface area contributed by atoms with Crippen molar-refractivity contribution in [2.75, 3.05) is 26.9 Å². The number of aromatic nitrogens is 2. The third-order valence-corrected chi connectivity index (χ3v) is 3.52. The van der Waals surface area contributed by atoms with Crippen LogP contribution in [0.4, 0.5) is 0 Å². The third kappa shape index (κ3) is 3.29. The Morgan fingerprint density at radius 2 is 1.91 bits per heavy atom. The SMILES string of the molecule is CCOCCOc1c(OC)cccc1-c1nc2ccccc2[nH]1. The van der Waals surface area contributed by atoms with Crippen LogP contribution >= 0.6 is 0 Å². The molecule has 1 heterocycles. The van der Waals surface area contributed by atoms with E-state index in [4.69, 9.17) is 14.2 Å².